The Kier molecular flexibility index (Phi) is 8.59. The van der Waals surface area contributed by atoms with Gasteiger partial charge in [-0.3, -0.25) is 8.42 Å². The topological polar surface area (TPSA) is 54.4 Å². The Labute approximate surface area is 187 Å². The van der Waals surface area contributed by atoms with Crippen molar-refractivity contribution in [1.82, 2.24) is 0 Å². The lowest BCUT2D eigenvalue weighted by molar-refractivity contribution is 0.126. The molecule has 0 radical (unpaired) electrons. The minimum absolute atomic E-state index is 0.285. The molecule has 158 valence electrons. The third-order valence-corrected chi connectivity index (χ3v) is 8.95. The minimum Gasteiger partial charge on any atom is -0.391 e. The zero-order valence-corrected chi connectivity index (χ0v) is 20.6. The van der Waals surface area contributed by atoms with Crippen LogP contribution in [-0.4, -0.2) is 24.2 Å². The highest BCUT2D eigenvalue weighted by Crippen LogP contribution is 2.35. The van der Waals surface area contributed by atoms with Gasteiger partial charge in [-0.05, 0) is 60.9 Å². The van der Waals surface area contributed by atoms with Crippen molar-refractivity contribution in [2.45, 2.75) is 61.0 Å². The number of rotatable bonds is 9. The van der Waals surface area contributed by atoms with E-state index >= 15 is 0 Å². The van der Waals surface area contributed by atoms with Gasteiger partial charge in [-0.15, -0.1) is 0 Å². The van der Waals surface area contributed by atoms with Gasteiger partial charge in [0, 0.05) is 9.79 Å². The van der Waals surface area contributed by atoms with E-state index in [4.69, 9.17) is 0 Å². The van der Waals surface area contributed by atoms with Crippen LogP contribution in [-0.2, 0) is 21.6 Å². The number of aliphatic hydroxyl groups is 1. The minimum atomic E-state index is -1.63. The van der Waals surface area contributed by atoms with Crippen LogP contribution in [0.15, 0.2) is 69.4 Å². The number of benzene rings is 2. The molecule has 3 nitrogen and oxygen atoms in total. The Morgan fingerprint density at radius 3 is 1.69 bits per heavy atom. The third kappa shape index (κ3) is 6.99. The molecule has 0 fully saturated rings. The van der Waals surface area contributed by atoms with Crippen LogP contribution in [0.3, 0.4) is 0 Å². The van der Waals surface area contributed by atoms with Crippen LogP contribution in [0.2, 0.25) is 0 Å². The molecule has 2 rings (SSSR count). The van der Waals surface area contributed by atoms with Crippen LogP contribution in [0.25, 0.3) is 0 Å². The summed E-state index contributed by atoms with van der Waals surface area (Å²) in [4.78, 5) is 1.14. The summed E-state index contributed by atoms with van der Waals surface area (Å²) in [5.41, 5.74) is 1.83. The molecule has 0 aliphatic carbocycles. The lowest BCUT2D eigenvalue weighted by Crippen LogP contribution is -2.38. The number of hydrogen-bond donors (Lipinski definition) is 1. The molecular formula is C23H29BrO3S2. The fourth-order valence-corrected chi connectivity index (χ4v) is 7.40. The van der Waals surface area contributed by atoms with E-state index in [-0.39, 0.29) is 5.41 Å². The van der Waals surface area contributed by atoms with Crippen LogP contribution in [0, 0.1) is 19.3 Å². The molecule has 3 atom stereocenters. The summed E-state index contributed by atoms with van der Waals surface area (Å²) >= 11 is 3.39. The number of hydrogen-bond acceptors (Lipinski definition) is 3. The molecule has 0 heterocycles. The molecule has 2 aromatic rings. The van der Waals surface area contributed by atoms with Crippen molar-refractivity contribution < 1.29 is 13.5 Å². The number of allylic oxidation sites excluding steroid dienone is 1. The first-order chi connectivity index (χ1) is 13.5. The zero-order valence-electron chi connectivity index (χ0n) is 17.4. The van der Waals surface area contributed by atoms with E-state index in [1.807, 2.05) is 52.0 Å². The third-order valence-electron chi connectivity index (χ3n) is 4.67. The Morgan fingerprint density at radius 1 is 0.966 bits per heavy atom. The van der Waals surface area contributed by atoms with E-state index in [0.717, 1.165) is 15.6 Å². The summed E-state index contributed by atoms with van der Waals surface area (Å²) in [6, 6.07) is 14.6. The summed E-state index contributed by atoms with van der Waals surface area (Å²) in [5, 5.41) is 11.1. The molecule has 6 heteroatoms. The molecule has 0 saturated carbocycles. The van der Waals surface area contributed by atoms with Crippen LogP contribution >= 0.6 is 15.9 Å². The van der Waals surface area contributed by atoms with Crippen molar-refractivity contribution in [1.29, 1.82) is 0 Å². The van der Waals surface area contributed by atoms with Crippen molar-refractivity contribution >= 4 is 37.5 Å². The van der Waals surface area contributed by atoms with E-state index in [1.165, 1.54) is 0 Å². The first-order valence-electron chi connectivity index (χ1n) is 9.46. The number of aryl methyl sites for hydroxylation is 2. The average Bonchev–Trinajstić information content (AvgIpc) is 2.61. The zero-order chi connectivity index (χ0) is 21.8. The Bertz CT molecular complexity index is 832. The molecule has 0 aliphatic heterocycles. The maximum atomic E-state index is 13.4. The summed E-state index contributed by atoms with van der Waals surface area (Å²) in [6.45, 7) is 11.8. The molecule has 0 bridgehead atoms. The van der Waals surface area contributed by atoms with Crippen molar-refractivity contribution in [2.75, 3.05) is 0 Å². The van der Waals surface area contributed by atoms with Gasteiger partial charge in [0.2, 0.25) is 0 Å². The van der Waals surface area contributed by atoms with Crippen molar-refractivity contribution in [3.8, 4) is 0 Å². The van der Waals surface area contributed by atoms with Gasteiger partial charge in [0.05, 0.1) is 27.7 Å². The van der Waals surface area contributed by atoms with Gasteiger partial charge in [-0.25, -0.2) is 0 Å². The first-order valence-corrected chi connectivity index (χ1v) is 12.7. The monoisotopic (exact) mass is 496 g/mol. The molecule has 29 heavy (non-hydrogen) atoms. The molecular weight excluding hydrogens is 468 g/mol. The fraction of sp³-hybridized carbons (Fsp3) is 0.391. The van der Waals surface area contributed by atoms with Gasteiger partial charge in [0.25, 0.3) is 0 Å². The van der Waals surface area contributed by atoms with E-state index in [0.29, 0.717) is 22.6 Å². The summed E-state index contributed by atoms with van der Waals surface area (Å²) in [6.07, 6.45) is 0.0175. The molecule has 0 saturated heterocycles. The molecule has 0 amide bonds. The van der Waals surface area contributed by atoms with Crippen molar-refractivity contribution in [3.63, 3.8) is 0 Å². The molecule has 2 aromatic carbocycles. The Morgan fingerprint density at radius 2 is 1.34 bits per heavy atom. The lowest BCUT2D eigenvalue weighted by Gasteiger charge is -2.30. The summed E-state index contributed by atoms with van der Waals surface area (Å²) < 4.78 is 26.7. The van der Waals surface area contributed by atoms with Gasteiger partial charge in [0.15, 0.2) is 0 Å². The Balaban J connectivity index is 2.39. The van der Waals surface area contributed by atoms with E-state index < -0.39 is 32.3 Å². The maximum Gasteiger partial charge on any atom is 0.145 e. The molecule has 0 aromatic heterocycles. The molecule has 0 aliphatic rings. The fourth-order valence-electron chi connectivity index (χ4n) is 3.23. The second-order valence-corrected chi connectivity index (χ2v) is 12.8. The van der Waals surface area contributed by atoms with Crippen LogP contribution in [0.1, 0.15) is 37.8 Å². The standard InChI is InChI=1S/C23H29BrO3S2/c1-16-6-10-19(11-7-16)28(26)22(21(25)15-23(4,5)14-18(3)24)29(27)20-12-8-17(2)9-13-20/h6-13,21-22,25H,3,14-15H2,1-2,4-5H3/t21-,28+,29+/m1/s1. The van der Waals surface area contributed by atoms with E-state index in [1.54, 1.807) is 24.3 Å². The van der Waals surface area contributed by atoms with E-state index in [9.17, 15) is 13.5 Å². The predicted octanol–water partition coefficient (Wildman–Crippen LogP) is 5.62. The Hall–Kier alpha value is -1.08. The van der Waals surface area contributed by atoms with Crippen LogP contribution in [0.4, 0.5) is 0 Å². The van der Waals surface area contributed by atoms with Gasteiger partial charge < -0.3 is 5.11 Å². The largest absolute Gasteiger partial charge is 0.391 e. The van der Waals surface area contributed by atoms with Gasteiger partial charge in [-0.1, -0.05) is 71.7 Å². The number of aliphatic hydroxyl groups excluding tert-OH is 1. The summed E-state index contributed by atoms with van der Waals surface area (Å²) in [7, 11) is -3.25. The molecule has 0 unspecified atom stereocenters. The second kappa shape index (κ2) is 10.3. The number of halogens is 1. The second-order valence-electron chi connectivity index (χ2n) is 8.22. The SMILES string of the molecule is C=C(Br)CC(C)(C)C[C@@H](O)C([S@@](=O)c1ccc(C)cc1)[S@@](=O)c1ccc(C)cc1. The van der Waals surface area contributed by atoms with Gasteiger partial charge in [0.1, 0.15) is 4.58 Å². The quantitative estimate of drug-likeness (QED) is 0.489. The highest BCUT2D eigenvalue weighted by Gasteiger charge is 2.36. The maximum absolute atomic E-state index is 13.4. The highest BCUT2D eigenvalue weighted by molar-refractivity contribution is 9.11. The highest BCUT2D eigenvalue weighted by atomic mass is 79.9. The normalized spacial score (nSPS) is 15.1. The smallest absolute Gasteiger partial charge is 0.145 e. The molecule has 0 spiro atoms. The van der Waals surface area contributed by atoms with Crippen molar-refractivity contribution in [2.24, 2.45) is 5.41 Å². The first kappa shape index (κ1) is 24.2. The van der Waals surface area contributed by atoms with Crippen LogP contribution < -0.4 is 0 Å². The lowest BCUT2D eigenvalue weighted by atomic mass is 9.84. The van der Waals surface area contributed by atoms with Gasteiger partial charge >= 0.3 is 0 Å². The van der Waals surface area contributed by atoms with E-state index in [2.05, 4.69) is 22.5 Å². The van der Waals surface area contributed by atoms with Crippen molar-refractivity contribution in [3.05, 3.63) is 70.7 Å². The van der Waals surface area contributed by atoms with Crippen LogP contribution in [0.5, 0.6) is 0 Å². The van der Waals surface area contributed by atoms with Gasteiger partial charge in [-0.2, -0.15) is 0 Å². The predicted molar refractivity (Wildman–Crippen MR) is 126 cm³/mol. The molecule has 1 N–H and O–H groups in total. The average molecular weight is 498 g/mol. The summed E-state index contributed by atoms with van der Waals surface area (Å²) in [5.74, 6) is 0.